The second-order valence-electron chi connectivity index (χ2n) is 36.9. The van der Waals surface area contributed by atoms with E-state index in [1.165, 1.54) is 27.7 Å². The van der Waals surface area contributed by atoms with Crippen LogP contribution in [0.3, 0.4) is 0 Å². The van der Waals surface area contributed by atoms with Crippen LogP contribution < -0.4 is 108 Å². The van der Waals surface area contributed by atoms with E-state index >= 15 is 38.4 Å². The Morgan fingerprint density at radius 3 is 1.74 bits per heavy atom. The fourth-order valence-corrected chi connectivity index (χ4v) is 18.2. The van der Waals surface area contributed by atoms with Gasteiger partial charge in [0.1, 0.15) is 84.4 Å². The normalized spacial score (nSPS) is 19.1. The number of nitrogens with two attached hydrogens (primary N) is 5. The highest BCUT2D eigenvalue weighted by atomic mass is 33.1. The lowest BCUT2D eigenvalue weighted by Crippen LogP contribution is -2.65. The van der Waals surface area contributed by atoms with Crippen LogP contribution in [0.5, 0.6) is 5.75 Å². The molecule has 39 nitrogen and oxygen atoms in total. The van der Waals surface area contributed by atoms with Gasteiger partial charge in [-0.1, -0.05) is 108 Å². The van der Waals surface area contributed by atoms with Gasteiger partial charge in [-0.2, -0.15) is 0 Å². The number of aryl methyl sites for hydroxylation is 2. The summed E-state index contributed by atoms with van der Waals surface area (Å²) in [5, 5.41) is 40.6. The molecular formula is C94H140N20O19S2. The number of aromatic amines is 1. The molecule has 0 spiro atoms. The summed E-state index contributed by atoms with van der Waals surface area (Å²) in [5.74, 6) is -15.2. The monoisotopic (exact) mass is 1920 g/mol. The number of hydrogen-bond acceptors (Lipinski definition) is 23. The third-order valence-corrected chi connectivity index (χ3v) is 26.8. The molecule has 1 unspecified atom stereocenters. The van der Waals surface area contributed by atoms with Crippen LogP contribution >= 0.6 is 21.6 Å². The van der Waals surface area contributed by atoms with Gasteiger partial charge >= 0.3 is 0 Å². The highest BCUT2D eigenvalue weighted by molar-refractivity contribution is 8.77. The maximum absolute atomic E-state index is 16.5. The van der Waals surface area contributed by atoms with Gasteiger partial charge in [0.2, 0.25) is 100 Å². The molecule has 41 heteroatoms. The number of amides is 17. The molecule has 13 atom stereocenters. The fraction of sp³-hybridized carbons (Fsp3) is 0.564. The summed E-state index contributed by atoms with van der Waals surface area (Å²) in [4.78, 5) is 249. The van der Waals surface area contributed by atoms with Crippen LogP contribution in [0, 0.1) is 12.8 Å². The smallest absolute Gasteiger partial charge is 0.246 e. The van der Waals surface area contributed by atoms with E-state index in [0.717, 1.165) is 44.8 Å². The molecule has 6 rings (SSSR count). The summed E-state index contributed by atoms with van der Waals surface area (Å²) < 4.78 is 8.90. The number of hydrogen-bond donors (Lipinski definition) is 20. The highest BCUT2D eigenvalue weighted by Crippen LogP contribution is 2.47. The van der Waals surface area contributed by atoms with Gasteiger partial charge in [-0.15, -0.1) is 0 Å². The third kappa shape index (κ3) is 36.7. The van der Waals surface area contributed by atoms with Crippen LogP contribution in [0.1, 0.15) is 203 Å². The van der Waals surface area contributed by atoms with Crippen molar-refractivity contribution in [1.29, 1.82) is 0 Å². The van der Waals surface area contributed by atoms with Gasteiger partial charge in [0.15, 0.2) is 0 Å². The summed E-state index contributed by atoms with van der Waals surface area (Å²) in [7, 11) is 1.87. The molecular weight excluding hydrogens is 1780 g/mol. The molecule has 1 saturated heterocycles. The van der Waals surface area contributed by atoms with Crippen molar-refractivity contribution in [2.45, 2.75) is 300 Å². The molecule has 135 heavy (non-hydrogen) atoms. The minimum Gasteiger partial charge on any atom is -0.492 e. The second-order valence-corrected chi connectivity index (χ2v) is 40.4. The lowest BCUT2D eigenvalue weighted by molar-refractivity contribution is -0.141. The zero-order chi connectivity index (χ0) is 100. The maximum atomic E-state index is 16.5. The Labute approximate surface area is 796 Å². The second kappa shape index (κ2) is 52.8. The number of carbonyl (C=O) groups excluding carboxylic acids is 17. The third-order valence-electron chi connectivity index (χ3n) is 22.5. The van der Waals surface area contributed by atoms with E-state index in [1.807, 2.05) is 31.2 Å². The molecule has 0 aliphatic carbocycles. The Bertz CT molecular complexity index is 4990. The topological polar surface area (TPSA) is 623 Å². The van der Waals surface area contributed by atoms with Crippen LogP contribution in [0.2, 0.25) is 0 Å². The number of ether oxygens (including phenoxy) is 2. The van der Waals surface area contributed by atoms with E-state index in [2.05, 4.69) is 79.4 Å². The molecule has 2 heterocycles. The van der Waals surface area contributed by atoms with Crippen molar-refractivity contribution >= 4 is 144 Å². The van der Waals surface area contributed by atoms with E-state index in [9.17, 15) is 43.2 Å². The SMILES string of the molecule is CC(=O)NCCCC[C@@H]1NC(=O)[C@H](Cc2c[nH]c3c(C)cccc23)NC(=O)[C@H]([C@@H](C)OC(C)(C)C)NC(=O)[C@H](CC(N)=O)NC(=O)[C@@H](NC(C)=O)C(C)(C)SSC(C)(C)[C@@H](C(=O)N[C@@H](CCc2ccc(OCCN)cc2)C(=O)N[C@@H](Cc2ccc3ccccc3c2)C(=O)N[C@@](C)(CCCCN)C(=O)N[C@@H](CCCCNC(C)=O)C(=O)NC(CC(N)=O)C(=O)N[C@H](CC(C)C)C(N)=O)NC1=O. The van der Waals surface area contributed by atoms with Crippen LogP contribution in [-0.4, -0.2) is 231 Å². The number of aromatic nitrogens is 1. The Balaban J connectivity index is 1.56. The van der Waals surface area contributed by atoms with Gasteiger partial charge in [0.25, 0.3) is 0 Å². The van der Waals surface area contributed by atoms with Crippen molar-refractivity contribution in [3.8, 4) is 5.75 Å². The molecule has 1 aromatic heterocycles. The predicted octanol–water partition coefficient (Wildman–Crippen LogP) is 1.79. The predicted molar refractivity (Wildman–Crippen MR) is 515 cm³/mol. The standard InChI is InChI=1S/C94H140N20O19S2/c1-52(2)45-68(79(99)120)106-84(125)71(49-73(97)118)108-80(121)66(30-19-23-43-101-56(6)116)111-90(131)94(15,39-20-21-40-95)114-86(127)69(47-59-31-35-60-26-16-17-27-61(60)46-59)107-81(122)67(38-34-58-32-36-63(37-33-58)132-44-41-96)105-89(130)78-93(13,14)135-134-92(11,12)77(103-57(7)117)88(129)110-72(50-74(98)119)85(126)112-76(54(4)133-91(8,9)10)87(128)109-70(48-62-51-102-75-53(3)25-24-28-64(62)75)83(124)104-65(82(123)113-78)29-18-22-42-100-55(5)115/h16-17,24-28,31-33,35-37,46,51-52,54,65-72,76-78,102H,18-23,29-30,34,38-45,47-50,95-96H2,1-15H3,(H2,97,118)(H2,98,119)(H2,99,120)(H,100,115)(H,101,116)(H,103,117)(H,104,124)(H,105,130)(H,106,125)(H,107,122)(H,108,121)(H,109,128)(H,110,129)(H,111,131)(H,112,126)(H,113,123)(H,114,127)/t54-,65+,66+,67+,68-,69+,70+,71?,72+,76+,77-,78-,94+/m1/s1. The van der Waals surface area contributed by atoms with E-state index < -0.39 is 195 Å². The summed E-state index contributed by atoms with van der Waals surface area (Å²) in [6.07, 6.45) is -1.17. The number of fused-ring (bicyclic) bond motifs is 2. The minimum atomic E-state index is -2.01. The van der Waals surface area contributed by atoms with Crippen molar-refractivity contribution in [1.82, 2.24) is 79.4 Å². The van der Waals surface area contributed by atoms with E-state index in [1.54, 1.807) is 129 Å². The lowest BCUT2D eigenvalue weighted by Gasteiger charge is -2.39. The quantitative estimate of drug-likeness (QED) is 0.0195. The zero-order valence-electron chi connectivity index (χ0n) is 80.0. The van der Waals surface area contributed by atoms with Gasteiger partial charge in [-0.3, -0.25) is 81.5 Å². The van der Waals surface area contributed by atoms with Gasteiger partial charge in [0, 0.05) is 79.8 Å². The minimum absolute atomic E-state index is 0.0118. The van der Waals surface area contributed by atoms with Gasteiger partial charge < -0.3 is 118 Å². The van der Waals surface area contributed by atoms with Gasteiger partial charge in [0.05, 0.1) is 24.5 Å². The van der Waals surface area contributed by atoms with E-state index in [-0.39, 0.29) is 134 Å². The number of nitrogens with one attached hydrogen (secondary N) is 15. The molecule has 4 aromatic carbocycles. The largest absolute Gasteiger partial charge is 0.492 e. The van der Waals surface area contributed by atoms with E-state index in [0.29, 0.717) is 39.8 Å². The summed E-state index contributed by atoms with van der Waals surface area (Å²) in [6, 6.07) is 6.82. The first-order chi connectivity index (χ1) is 63.4. The number of unbranched alkanes of at least 4 members (excludes halogenated alkanes) is 3. The molecule has 17 amide bonds. The number of benzene rings is 4. The number of para-hydroxylation sites is 1. The average molecular weight is 1920 g/mol. The summed E-state index contributed by atoms with van der Waals surface area (Å²) in [5.41, 5.74) is 29.1. The number of H-pyrrole nitrogens is 1. The first-order valence-electron chi connectivity index (χ1n) is 45.6. The van der Waals surface area contributed by atoms with Crippen molar-refractivity contribution in [3.63, 3.8) is 0 Å². The van der Waals surface area contributed by atoms with E-state index in [4.69, 9.17) is 38.1 Å². The number of primary amides is 3. The Kier molecular flexibility index (Phi) is 43.7. The number of rotatable bonds is 46. The molecule has 1 aliphatic rings. The molecule has 25 N–H and O–H groups in total. The molecule has 0 bridgehead atoms. The van der Waals surface area contributed by atoms with Gasteiger partial charge in [-0.05, 0) is 204 Å². The summed E-state index contributed by atoms with van der Waals surface area (Å²) in [6.45, 7) is 24.1. The zero-order valence-corrected chi connectivity index (χ0v) is 81.6. The first-order valence-corrected chi connectivity index (χ1v) is 47.8. The molecule has 1 fully saturated rings. The molecule has 0 radical (unpaired) electrons. The Morgan fingerprint density at radius 1 is 0.548 bits per heavy atom. The fourth-order valence-electron chi connectivity index (χ4n) is 15.4. The van der Waals surface area contributed by atoms with Crippen molar-refractivity contribution in [2.75, 3.05) is 32.8 Å². The highest BCUT2D eigenvalue weighted by Gasteiger charge is 2.48. The van der Waals surface area contributed by atoms with Crippen LogP contribution in [-0.2, 0) is 106 Å². The maximum Gasteiger partial charge on any atom is 0.246 e. The van der Waals surface area contributed by atoms with Crippen LogP contribution in [0.4, 0.5) is 0 Å². The molecule has 742 valence electrons. The first kappa shape index (κ1) is 112. The Hall–Kier alpha value is -11.9. The number of carbonyl (C=O) groups is 17. The average Bonchev–Trinajstić information content (AvgIpc) is 1.45. The molecule has 0 saturated carbocycles. The van der Waals surface area contributed by atoms with Crippen molar-refractivity contribution in [3.05, 3.63) is 113 Å². The lowest BCUT2D eigenvalue weighted by atomic mass is 9.91. The van der Waals surface area contributed by atoms with Crippen molar-refractivity contribution < 1.29 is 91.0 Å². The van der Waals surface area contributed by atoms with Crippen LogP contribution in [0.15, 0.2) is 91.1 Å². The van der Waals surface area contributed by atoms with Crippen LogP contribution in [0.25, 0.3) is 21.7 Å². The van der Waals surface area contributed by atoms with Gasteiger partial charge in [-0.25, -0.2) is 0 Å². The molecule has 1 aliphatic heterocycles. The van der Waals surface area contributed by atoms with Crippen molar-refractivity contribution in [2.24, 2.45) is 34.6 Å². The summed E-state index contributed by atoms with van der Waals surface area (Å²) >= 11 is 0. The molecule has 5 aromatic rings. The Morgan fingerprint density at radius 2 is 1.13 bits per heavy atom.